The molecule has 0 saturated carbocycles. The lowest BCUT2D eigenvalue weighted by atomic mass is 9.84. The van der Waals surface area contributed by atoms with Gasteiger partial charge in [0.05, 0.1) is 11.6 Å². The third kappa shape index (κ3) is 6.49. The van der Waals surface area contributed by atoms with E-state index < -0.39 is 11.5 Å². The Kier molecular flexibility index (Phi) is 9.35. The first-order valence-electron chi connectivity index (χ1n) is 8.51. The highest BCUT2D eigenvalue weighted by Crippen LogP contribution is 2.19. The van der Waals surface area contributed by atoms with Gasteiger partial charge in [-0.2, -0.15) is 0 Å². The van der Waals surface area contributed by atoms with E-state index in [9.17, 15) is 4.79 Å². The number of aromatic nitrogens is 1. The highest BCUT2D eigenvalue weighted by Gasteiger charge is 2.27. The second-order valence-corrected chi connectivity index (χ2v) is 5.96. The van der Waals surface area contributed by atoms with Crippen LogP contribution in [0.3, 0.4) is 0 Å². The molecule has 0 aliphatic carbocycles. The van der Waals surface area contributed by atoms with Crippen LogP contribution in [0.4, 0.5) is 0 Å². The van der Waals surface area contributed by atoms with Gasteiger partial charge in [-0.1, -0.05) is 60.6 Å². The molecule has 0 spiro atoms. The number of nitrogens with zero attached hydrogens (tertiary/aromatic N) is 1. The van der Waals surface area contributed by atoms with Gasteiger partial charge in [0.1, 0.15) is 0 Å². The monoisotopic (exact) mass is 318 g/mol. The minimum atomic E-state index is -0.450. The van der Waals surface area contributed by atoms with E-state index in [-0.39, 0.29) is 7.21 Å². The molecule has 0 aliphatic heterocycles. The van der Waals surface area contributed by atoms with Crippen LogP contribution in [-0.4, -0.2) is 16.8 Å². The first kappa shape index (κ1) is 21.3. The molecule has 2 rings (SSSR count). The second kappa shape index (κ2) is 10.1. The second-order valence-electron chi connectivity index (χ2n) is 5.96. The number of carbonyl (C=O) groups is 1. The number of hydrogen-bond donors (Lipinski definition) is 1. The molecule has 1 heterocycles. The van der Waals surface area contributed by atoms with Gasteiger partial charge in [0.15, 0.2) is 5.78 Å². The van der Waals surface area contributed by atoms with E-state index in [1.165, 1.54) is 0 Å². The van der Waals surface area contributed by atoms with E-state index in [1.54, 1.807) is 6.20 Å². The van der Waals surface area contributed by atoms with Gasteiger partial charge >= 0.3 is 0 Å². The largest absolute Gasteiger partial charge is 0.321 e. The highest BCUT2D eigenvalue weighted by molar-refractivity contribution is 5.89. The topological polar surface area (TPSA) is 56.0 Å². The van der Waals surface area contributed by atoms with Crippen molar-refractivity contribution < 1.29 is 6.22 Å². The first-order valence-corrected chi connectivity index (χ1v) is 8.51. The van der Waals surface area contributed by atoms with Gasteiger partial charge < -0.3 is 5.73 Å². The molecule has 2 N–H and O–H groups in total. The third-order valence-corrected chi connectivity index (χ3v) is 3.20. The van der Waals surface area contributed by atoms with Crippen LogP contribution in [0.1, 0.15) is 55.5 Å². The number of pyridine rings is 1. The van der Waals surface area contributed by atoms with Gasteiger partial charge in [0.2, 0.25) is 0 Å². The molecule has 0 amide bonds. The normalized spacial score (nSPS) is 11.7. The summed E-state index contributed by atoms with van der Waals surface area (Å²) in [4.78, 5) is 16.4. The van der Waals surface area contributed by atoms with Crippen molar-refractivity contribution in [3.63, 3.8) is 0 Å². The van der Waals surface area contributed by atoms with Gasteiger partial charge in [-0.05, 0) is 30.2 Å². The minimum Gasteiger partial charge on any atom is -0.321 e. The predicted octanol–water partition coefficient (Wildman–Crippen LogP) is 5.02. The van der Waals surface area contributed by atoms with E-state index in [2.05, 4.69) is 11.1 Å². The smallest absolute Gasteiger partial charge is 0.155 e. The average molecular weight is 319 g/mol. The SMILES string of the molecule is CC.CC.CC(C)(C)C(=O)C(N)Cc1ccc2ncccc2c1.[HH]. The zero-order chi connectivity index (χ0) is 18.0. The molecule has 2 aromatic rings. The van der Waals surface area contributed by atoms with Gasteiger partial charge in [-0.3, -0.25) is 9.78 Å². The Morgan fingerprint density at radius 2 is 1.78 bits per heavy atom. The third-order valence-electron chi connectivity index (χ3n) is 3.20. The van der Waals surface area contributed by atoms with E-state index >= 15 is 0 Å². The van der Waals surface area contributed by atoms with E-state index in [4.69, 9.17) is 5.73 Å². The van der Waals surface area contributed by atoms with Crippen molar-refractivity contribution in [3.05, 3.63) is 42.1 Å². The molecule has 130 valence electrons. The summed E-state index contributed by atoms with van der Waals surface area (Å²) in [7, 11) is 0. The number of benzene rings is 1. The van der Waals surface area contributed by atoms with Gasteiger partial charge in [-0.25, -0.2) is 0 Å². The molecule has 1 atom stereocenters. The number of nitrogens with two attached hydrogens (primary N) is 1. The number of fused-ring (bicyclic) bond motifs is 1. The number of Topliss-reactive ketones (excluding diaryl/α,β-unsaturated/α-hetero) is 1. The lowest BCUT2D eigenvalue weighted by Crippen LogP contribution is -2.40. The van der Waals surface area contributed by atoms with Crippen molar-refractivity contribution in [2.75, 3.05) is 0 Å². The van der Waals surface area contributed by atoms with Crippen LogP contribution in [-0.2, 0) is 11.2 Å². The molecule has 0 aliphatic rings. The van der Waals surface area contributed by atoms with Crippen LogP contribution in [0.25, 0.3) is 10.9 Å². The quantitative estimate of drug-likeness (QED) is 0.864. The Morgan fingerprint density at radius 3 is 2.35 bits per heavy atom. The molecule has 1 aromatic heterocycles. The number of hydrogen-bond acceptors (Lipinski definition) is 3. The summed E-state index contributed by atoms with van der Waals surface area (Å²) in [5.41, 5.74) is 7.66. The summed E-state index contributed by atoms with van der Waals surface area (Å²) in [6, 6.07) is 9.49. The zero-order valence-corrected chi connectivity index (χ0v) is 15.7. The lowest BCUT2D eigenvalue weighted by molar-refractivity contribution is -0.127. The fourth-order valence-corrected chi connectivity index (χ4v) is 2.15. The maximum absolute atomic E-state index is 12.1. The number of rotatable bonds is 3. The van der Waals surface area contributed by atoms with Gasteiger partial charge in [-0.15, -0.1) is 0 Å². The fourth-order valence-electron chi connectivity index (χ4n) is 2.15. The molecule has 0 fully saturated rings. The Balaban J connectivity index is 0. The summed E-state index contributed by atoms with van der Waals surface area (Å²) in [5, 5.41) is 1.08. The van der Waals surface area contributed by atoms with Crippen LogP contribution < -0.4 is 5.73 Å². The highest BCUT2D eigenvalue weighted by atomic mass is 16.1. The van der Waals surface area contributed by atoms with E-state index in [0.717, 1.165) is 16.5 Å². The first-order chi connectivity index (χ1) is 10.9. The molecule has 3 nitrogen and oxygen atoms in total. The Labute approximate surface area is 142 Å². The van der Waals surface area contributed by atoms with Gasteiger partial charge in [0.25, 0.3) is 0 Å². The van der Waals surface area contributed by atoms with Crippen molar-refractivity contribution in [2.24, 2.45) is 11.1 Å². The van der Waals surface area contributed by atoms with E-state index in [1.807, 2.05) is 72.7 Å². The Hall–Kier alpha value is -1.74. The fraction of sp³-hybridized carbons (Fsp3) is 0.500. The molecule has 0 radical (unpaired) electrons. The molecule has 1 unspecified atom stereocenters. The summed E-state index contributed by atoms with van der Waals surface area (Å²) in [6.45, 7) is 13.7. The standard InChI is InChI=1S/C16H20N2O.2C2H6.H2/c1-16(2,3)15(19)13(17)10-11-6-7-14-12(9-11)5-4-8-18-14;2*1-2;/h4-9,13H,10,17H2,1-3H3;2*1-2H3;1H. The summed E-state index contributed by atoms with van der Waals surface area (Å²) < 4.78 is 0. The van der Waals surface area contributed by atoms with Crippen molar-refractivity contribution in [1.29, 1.82) is 0 Å². The molecule has 23 heavy (non-hydrogen) atoms. The number of ketones is 1. The molecule has 1 aromatic carbocycles. The summed E-state index contributed by atoms with van der Waals surface area (Å²) in [6.07, 6.45) is 2.35. The predicted molar refractivity (Wildman–Crippen MR) is 103 cm³/mol. The van der Waals surface area contributed by atoms with Crippen LogP contribution in [0.15, 0.2) is 36.5 Å². The van der Waals surface area contributed by atoms with Crippen LogP contribution in [0.5, 0.6) is 0 Å². The molecule has 0 bridgehead atoms. The maximum atomic E-state index is 12.1. The molecular formula is C20H34N2O. The maximum Gasteiger partial charge on any atom is 0.155 e. The summed E-state index contributed by atoms with van der Waals surface area (Å²) >= 11 is 0. The van der Waals surface area contributed by atoms with Gasteiger partial charge in [0, 0.05) is 18.4 Å². The Morgan fingerprint density at radius 1 is 1.17 bits per heavy atom. The summed E-state index contributed by atoms with van der Waals surface area (Å²) in [5.74, 6) is 0.0961. The van der Waals surface area contributed by atoms with Crippen molar-refractivity contribution in [1.82, 2.24) is 4.98 Å². The van der Waals surface area contributed by atoms with Crippen LogP contribution in [0.2, 0.25) is 0 Å². The van der Waals surface area contributed by atoms with Crippen LogP contribution in [0, 0.1) is 5.41 Å². The average Bonchev–Trinajstić information content (AvgIpc) is 2.57. The Bertz CT molecular complexity index is 606. The van der Waals surface area contributed by atoms with E-state index in [0.29, 0.717) is 6.42 Å². The zero-order valence-electron chi connectivity index (χ0n) is 15.7. The van der Waals surface area contributed by atoms with Crippen molar-refractivity contribution in [3.8, 4) is 0 Å². The van der Waals surface area contributed by atoms with Crippen molar-refractivity contribution >= 4 is 16.7 Å². The molecule has 0 saturated heterocycles. The molecule has 3 heteroatoms. The van der Waals surface area contributed by atoms with Crippen molar-refractivity contribution in [2.45, 2.75) is 60.9 Å². The van der Waals surface area contributed by atoms with Crippen LogP contribution >= 0.6 is 0 Å². The molecular weight excluding hydrogens is 284 g/mol. The minimum absolute atomic E-state index is 0. The number of carbonyl (C=O) groups excluding carboxylic acids is 1. The lowest BCUT2D eigenvalue weighted by Gasteiger charge is -2.21.